The van der Waals surface area contributed by atoms with Crippen LogP contribution >= 0.6 is 11.3 Å². The van der Waals surface area contributed by atoms with E-state index in [1.807, 2.05) is 18.5 Å². The number of hydrogen-bond acceptors (Lipinski definition) is 3. The van der Waals surface area contributed by atoms with Crippen LogP contribution in [0.3, 0.4) is 0 Å². The van der Waals surface area contributed by atoms with Gasteiger partial charge in [-0.3, -0.25) is 0 Å². The van der Waals surface area contributed by atoms with Gasteiger partial charge in [0.1, 0.15) is 4.21 Å². The molecule has 0 N–H and O–H groups in total. The lowest BCUT2D eigenvalue weighted by molar-refractivity contribution is -0.0495. The monoisotopic (exact) mass is 311 g/mol. The molecule has 4 aliphatic carbocycles. The molecule has 5 heteroatoms. The molecule has 110 valence electrons. The van der Waals surface area contributed by atoms with Crippen molar-refractivity contribution in [2.45, 2.75) is 48.3 Å². The predicted octanol–water partition coefficient (Wildman–Crippen LogP) is 3.34. The summed E-state index contributed by atoms with van der Waals surface area (Å²) in [6.07, 6.45) is 7.27. The van der Waals surface area contributed by atoms with Crippen LogP contribution in [-0.4, -0.2) is 25.3 Å². The third-order valence-electron chi connectivity index (χ3n) is 5.78. The normalized spacial score (nSPS) is 39.6. The Morgan fingerprint density at radius 1 is 1.15 bits per heavy atom. The van der Waals surface area contributed by atoms with Crippen molar-refractivity contribution in [1.82, 2.24) is 4.31 Å². The lowest BCUT2D eigenvalue weighted by atomic mass is 9.53. The van der Waals surface area contributed by atoms with E-state index >= 15 is 0 Å². The fourth-order valence-corrected chi connectivity index (χ4v) is 7.94. The van der Waals surface area contributed by atoms with E-state index in [9.17, 15) is 8.42 Å². The van der Waals surface area contributed by atoms with Gasteiger partial charge in [0.05, 0.1) is 0 Å². The van der Waals surface area contributed by atoms with E-state index in [1.165, 1.54) is 30.6 Å². The third-order valence-corrected chi connectivity index (χ3v) is 9.12. The summed E-state index contributed by atoms with van der Waals surface area (Å²) in [6.45, 7) is 0. The smallest absolute Gasteiger partial charge is 0.206 e. The molecule has 5 rings (SSSR count). The highest BCUT2D eigenvalue weighted by Gasteiger charge is 2.55. The maximum atomic E-state index is 12.8. The highest BCUT2D eigenvalue weighted by atomic mass is 32.2. The van der Waals surface area contributed by atoms with Crippen LogP contribution in [0.5, 0.6) is 0 Å². The first kappa shape index (κ1) is 13.3. The Morgan fingerprint density at radius 3 is 2.15 bits per heavy atom. The van der Waals surface area contributed by atoms with Crippen molar-refractivity contribution in [3.63, 3.8) is 0 Å². The molecule has 0 amide bonds. The molecule has 1 aromatic rings. The van der Waals surface area contributed by atoms with Gasteiger partial charge in [-0.2, -0.15) is 4.31 Å². The molecule has 1 aromatic heterocycles. The van der Waals surface area contributed by atoms with Gasteiger partial charge in [-0.15, -0.1) is 11.3 Å². The molecule has 4 aliphatic rings. The zero-order valence-corrected chi connectivity index (χ0v) is 13.4. The van der Waals surface area contributed by atoms with Gasteiger partial charge in [-0.1, -0.05) is 6.07 Å². The molecule has 0 atom stereocenters. The summed E-state index contributed by atoms with van der Waals surface area (Å²) >= 11 is 1.33. The third kappa shape index (κ3) is 1.82. The van der Waals surface area contributed by atoms with E-state index in [1.54, 1.807) is 10.4 Å². The zero-order chi connectivity index (χ0) is 14.0. The molecule has 0 saturated heterocycles. The van der Waals surface area contributed by atoms with Gasteiger partial charge in [-0.05, 0) is 67.7 Å². The second-order valence-electron chi connectivity index (χ2n) is 7.05. The lowest BCUT2D eigenvalue weighted by Gasteiger charge is -2.59. The first-order valence-corrected chi connectivity index (χ1v) is 9.84. The molecule has 20 heavy (non-hydrogen) atoms. The summed E-state index contributed by atoms with van der Waals surface area (Å²) in [6, 6.07) is 3.56. The number of sulfonamides is 1. The van der Waals surface area contributed by atoms with Gasteiger partial charge in [0.25, 0.3) is 10.0 Å². The Bertz CT molecular complexity index is 571. The predicted molar refractivity (Wildman–Crippen MR) is 80.2 cm³/mol. The molecule has 4 fully saturated rings. The standard InChI is InChI=1S/C15H21NO2S2/c1-16(20(17,18)14-3-2-4-19-14)15-8-11-5-12(9-15)7-13(6-11)10-15/h2-4,11-13H,5-10H2,1H3. The van der Waals surface area contributed by atoms with E-state index in [2.05, 4.69) is 0 Å². The fourth-order valence-electron chi connectivity index (χ4n) is 5.25. The fraction of sp³-hybridized carbons (Fsp3) is 0.733. The van der Waals surface area contributed by atoms with Crippen LogP contribution < -0.4 is 0 Å². The van der Waals surface area contributed by atoms with Crippen molar-refractivity contribution in [1.29, 1.82) is 0 Å². The molecule has 3 nitrogen and oxygen atoms in total. The summed E-state index contributed by atoms with van der Waals surface area (Å²) in [4.78, 5) is 0. The van der Waals surface area contributed by atoms with Crippen molar-refractivity contribution in [3.05, 3.63) is 17.5 Å². The SMILES string of the molecule is CN(C12CC3CC(CC(C3)C1)C2)S(=O)(=O)c1cccs1. The molecular formula is C15H21NO2S2. The van der Waals surface area contributed by atoms with Crippen molar-refractivity contribution in [3.8, 4) is 0 Å². The van der Waals surface area contributed by atoms with Crippen molar-refractivity contribution in [2.75, 3.05) is 7.05 Å². The maximum Gasteiger partial charge on any atom is 0.252 e. The van der Waals surface area contributed by atoms with Crippen LogP contribution in [0, 0.1) is 17.8 Å². The minimum Gasteiger partial charge on any atom is -0.206 e. The summed E-state index contributed by atoms with van der Waals surface area (Å²) in [5.74, 6) is 2.30. The Kier molecular flexibility index (Phi) is 2.86. The lowest BCUT2D eigenvalue weighted by Crippen LogP contribution is -2.60. The van der Waals surface area contributed by atoms with Gasteiger partial charge in [-0.25, -0.2) is 8.42 Å². The van der Waals surface area contributed by atoms with E-state index in [0.717, 1.165) is 37.0 Å². The van der Waals surface area contributed by atoms with E-state index in [0.29, 0.717) is 4.21 Å². The summed E-state index contributed by atoms with van der Waals surface area (Å²) in [5, 5.41) is 1.85. The minimum atomic E-state index is -3.31. The van der Waals surface area contributed by atoms with Crippen LogP contribution in [-0.2, 0) is 10.0 Å². The van der Waals surface area contributed by atoms with E-state index in [-0.39, 0.29) is 5.54 Å². The molecule has 4 saturated carbocycles. The van der Waals surface area contributed by atoms with Gasteiger partial charge in [0, 0.05) is 12.6 Å². The summed E-state index contributed by atoms with van der Waals surface area (Å²) in [5.41, 5.74) is -0.0857. The first-order chi connectivity index (χ1) is 9.49. The van der Waals surface area contributed by atoms with Crippen LogP contribution in [0.2, 0.25) is 0 Å². The van der Waals surface area contributed by atoms with Gasteiger partial charge in [0.15, 0.2) is 0 Å². The van der Waals surface area contributed by atoms with Gasteiger partial charge >= 0.3 is 0 Å². The Morgan fingerprint density at radius 2 is 1.70 bits per heavy atom. The second kappa shape index (κ2) is 4.31. The minimum absolute atomic E-state index is 0.0857. The first-order valence-electron chi connectivity index (χ1n) is 7.52. The number of nitrogens with zero attached hydrogens (tertiary/aromatic N) is 1. The largest absolute Gasteiger partial charge is 0.252 e. The molecule has 0 aromatic carbocycles. The summed E-state index contributed by atoms with van der Waals surface area (Å²) < 4.78 is 27.9. The molecule has 0 aliphatic heterocycles. The Hall–Kier alpha value is -0.390. The van der Waals surface area contributed by atoms with Crippen molar-refractivity contribution >= 4 is 21.4 Å². The Balaban J connectivity index is 1.70. The maximum absolute atomic E-state index is 12.8. The quantitative estimate of drug-likeness (QED) is 0.858. The van der Waals surface area contributed by atoms with Crippen LogP contribution in [0.15, 0.2) is 21.7 Å². The molecule has 0 unspecified atom stereocenters. The summed E-state index contributed by atoms with van der Waals surface area (Å²) in [7, 11) is -1.48. The molecular weight excluding hydrogens is 290 g/mol. The molecule has 4 bridgehead atoms. The topological polar surface area (TPSA) is 37.4 Å². The molecule has 0 spiro atoms. The van der Waals surface area contributed by atoms with E-state index in [4.69, 9.17) is 0 Å². The second-order valence-corrected chi connectivity index (χ2v) is 10.2. The van der Waals surface area contributed by atoms with Gasteiger partial charge in [0.2, 0.25) is 0 Å². The molecule has 1 heterocycles. The average molecular weight is 311 g/mol. The van der Waals surface area contributed by atoms with Crippen LogP contribution in [0.4, 0.5) is 0 Å². The number of thiophene rings is 1. The van der Waals surface area contributed by atoms with E-state index < -0.39 is 10.0 Å². The molecule has 0 radical (unpaired) electrons. The average Bonchev–Trinajstić information content (AvgIpc) is 2.90. The van der Waals surface area contributed by atoms with Gasteiger partial charge < -0.3 is 0 Å². The van der Waals surface area contributed by atoms with Crippen molar-refractivity contribution in [2.24, 2.45) is 17.8 Å². The zero-order valence-electron chi connectivity index (χ0n) is 11.8. The highest BCUT2D eigenvalue weighted by molar-refractivity contribution is 7.91. The van der Waals surface area contributed by atoms with Crippen LogP contribution in [0.1, 0.15) is 38.5 Å². The highest BCUT2D eigenvalue weighted by Crippen LogP contribution is 2.58. The number of hydrogen-bond donors (Lipinski definition) is 0. The Labute approximate surface area is 125 Å². The van der Waals surface area contributed by atoms with Crippen molar-refractivity contribution < 1.29 is 8.42 Å². The number of rotatable bonds is 3. The van der Waals surface area contributed by atoms with Crippen LogP contribution in [0.25, 0.3) is 0 Å².